The third-order valence-corrected chi connectivity index (χ3v) is 3.64. The molecule has 7 nitrogen and oxygen atoms in total. The van der Waals surface area contributed by atoms with E-state index in [0.29, 0.717) is 6.54 Å². The number of aromatic nitrogens is 6. The molecule has 0 bridgehead atoms. The van der Waals surface area contributed by atoms with Gasteiger partial charge in [-0.3, -0.25) is 9.36 Å². The second kappa shape index (κ2) is 5.96. The lowest BCUT2D eigenvalue weighted by atomic mass is 10.3. The zero-order chi connectivity index (χ0) is 14.8. The molecule has 3 heterocycles. The first-order chi connectivity index (χ1) is 10.2. The summed E-state index contributed by atoms with van der Waals surface area (Å²) in [7, 11) is 1.89. The van der Waals surface area contributed by atoms with Crippen molar-refractivity contribution in [2.24, 2.45) is 7.05 Å². The van der Waals surface area contributed by atoms with Crippen LogP contribution in [0.25, 0.3) is 11.0 Å². The van der Waals surface area contributed by atoms with Crippen molar-refractivity contribution in [2.75, 3.05) is 11.9 Å². The van der Waals surface area contributed by atoms with Gasteiger partial charge in [-0.1, -0.05) is 6.92 Å². The molecule has 3 aromatic heterocycles. The first-order valence-electron chi connectivity index (χ1n) is 6.78. The molecule has 21 heavy (non-hydrogen) atoms. The summed E-state index contributed by atoms with van der Waals surface area (Å²) >= 11 is 2.24. The Hall–Kier alpha value is -1.71. The molecule has 0 amide bonds. The summed E-state index contributed by atoms with van der Waals surface area (Å²) in [5.74, 6) is 1.57. The van der Waals surface area contributed by atoms with E-state index in [0.717, 1.165) is 39.2 Å². The summed E-state index contributed by atoms with van der Waals surface area (Å²) in [5.41, 5.74) is 0.834. The topological polar surface area (TPSA) is 73.5 Å². The Bertz CT molecular complexity index is 761. The van der Waals surface area contributed by atoms with Gasteiger partial charge in [0, 0.05) is 19.8 Å². The van der Waals surface area contributed by atoms with E-state index in [1.165, 1.54) is 0 Å². The van der Waals surface area contributed by atoms with Gasteiger partial charge in [0.25, 0.3) is 0 Å². The standard InChI is InChI=1S/C13H16IN7/c1-3-4-15-12-10-6-16-20(2)13(10)19-11(18-12)8-21-7-9(14)5-17-21/h5-7H,3-4,8H2,1-2H3,(H,15,18,19). The first kappa shape index (κ1) is 14.2. The minimum Gasteiger partial charge on any atom is -0.369 e. The molecule has 8 heteroatoms. The number of anilines is 1. The number of hydrogen-bond acceptors (Lipinski definition) is 5. The second-order valence-electron chi connectivity index (χ2n) is 4.78. The normalized spacial score (nSPS) is 11.2. The van der Waals surface area contributed by atoms with E-state index in [1.807, 2.05) is 24.1 Å². The first-order valence-corrected chi connectivity index (χ1v) is 7.85. The SMILES string of the molecule is CCCNc1nc(Cn2cc(I)cn2)nc2c1cnn2C. The van der Waals surface area contributed by atoms with E-state index in [2.05, 4.69) is 55.0 Å². The lowest BCUT2D eigenvalue weighted by Crippen LogP contribution is -2.10. The Morgan fingerprint density at radius 2 is 2.10 bits per heavy atom. The Balaban J connectivity index is 1.99. The number of aryl methyl sites for hydroxylation is 1. The van der Waals surface area contributed by atoms with Gasteiger partial charge in [0.2, 0.25) is 0 Å². The maximum absolute atomic E-state index is 4.62. The largest absolute Gasteiger partial charge is 0.369 e. The molecule has 0 saturated carbocycles. The van der Waals surface area contributed by atoms with Crippen molar-refractivity contribution in [1.82, 2.24) is 29.5 Å². The molecule has 0 aliphatic carbocycles. The summed E-state index contributed by atoms with van der Waals surface area (Å²) in [5, 5.41) is 12.8. The Morgan fingerprint density at radius 3 is 2.81 bits per heavy atom. The molecule has 0 atom stereocenters. The van der Waals surface area contributed by atoms with Gasteiger partial charge in [0.15, 0.2) is 11.5 Å². The maximum atomic E-state index is 4.62. The van der Waals surface area contributed by atoms with Crippen molar-refractivity contribution >= 4 is 39.4 Å². The van der Waals surface area contributed by atoms with Gasteiger partial charge in [-0.05, 0) is 29.0 Å². The van der Waals surface area contributed by atoms with Crippen LogP contribution in [0, 0.1) is 3.57 Å². The number of fused-ring (bicyclic) bond motifs is 1. The van der Waals surface area contributed by atoms with Gasteiger partial charge >= 0.3 is 0 Å². The molecule has 0 radical (unpaired) electrons. The number of nitrogens with zero attached hydrogens (tertiary/aromatic N) is 6. The average molecular weight is 397 g/mol. The number of rotatable bonds is 5. The van der Waals surface area contributed by atoms with Crippen molar-refractivity contribution in [3.8, 4) is 0 Å². The van der Waals surface area contributed by atoms with Gasteiger partial charge in [-0.15, -0.1) is 0 Å². The fourth-order valence-corrected chi connectivity index (χ4v) is 2.53. The van der Waals surface area contributed by atoms with E-state index in [9.17, 15) is 0 Å². The monoisotopic (exact) mass is 397 g/mol. The van der Waals surface area contributed by atoms with Crippen LogP contribution in [0.5, 0.6) is 0 Å². The number of hydrogen-bond donors (Lipinski definition) is 1. The summed E-state index contributed by atoms with van der Waals surface area (Å²) in [4.78, 5) is 9.21. The molecule has 0 aliphatic heterocycles. The summed E-state index contributed by atoms with van der Waals surface area (Å²) < 4.78 is 4.70. The van der Waals surface area contributed by atoms with Crippen LogP contribution in [0.15, 0.2) is 18.6 Å². The lowest BCUT2D eigenvalue weighted by Gasteiger charge is -2.08. The van der Waals surface area contributed by atoms with Crippen LogP contribution < -0.4 is 5.32 Å². The fraction of sp³-hybridized carbons (Fsp3) is 0.385. The third kappa shape index (κ3) is 2.99. The quantitative estimate of drug-likeness (QED) is 0.668. The highest BCUT2D eigenvalue weighted by molar-refractivity contribution is 14.1. The van der Waals surface area contributed by atoms with Gasteiger partial charge in [-0.25, -0.2) is 9.97 Å². The van der Waals surface area contributed by atoms with Crippen LogP contribution in [0.1, 0.15) is 19.2 Å². The zero-order valence-electron chi connectivity index (χ0n) is 11.9. The molecule has 0 spiro atoms. The Morgan fingerprint density at radius 1 is 1.24 bits per heavy atom. The third-order valence-electron chi connectivity index (χ3n) is 3.09. The molecule has 0 aromatic carbocycles. The molecular formula is C13H16IN7. The van der Waals surface area contributed by atoms with Gasteiger partial charge < -0.3 is 5.32 Å². The zero-order valence-corrected chi connectivity index (χ0v) is 14.1. The van der Waals surface area contributed by atoms with Gasteiger partial charge in [0.1, 0.15) is 12.4 Å². The minimum absolute atomic E-state index is 0.547. The summed E-state index contributed by atoms with van der Waals surface area (Å²) in [6.45, 7) is 3.55. The van der Waals surface area contributed by atoms with E-state index < -0.39 is 0 Å². The van der Waals surface area contributed by atoms with Crippen LogP contribution in [-0.4, -0.2) is 36.1 Å². The van der Waals surface area contributed by atoms with Crippen LogP contribution in [0.3, 0.4) is 0 Å². The summed E-state index contributed by atoms with van der Waals surface area (Å²) in [6, 6.07) is 0. The molecular weight excluding hydrogens is 381 g/mol. The van der Waals surface area contributed by atoms with Crippen molar-refractivity contribution in [1.29, 1.82) is 0 Å². The van der Waals surface area contributed by atoms with E-state index in [4.69, 9.17) is 0 Å². The summed E-state index contributed by atoms with van der Waals surface area (Å²) in [6.07, 6.45) is 6.63. The second-order valence-corrected chi connectivity index (χ2v) is 6.02. The Kier molecular flexibility index (Phi) is 4.04. The molecule has 1 N–H and O–H groups in total. The highest BCUT2D eigenvalue weighted by atomic mass is 127. The van der Waals surface area contributed by atoms with Crippen LogP contribution in [0.4, 0.5) is 5.82 Å². The molecule has 0 aliphatic rings. The van der Waals surface area contributed by atoms with Gasteiger partial charge in [0.05, 0.1) is 21.4 Å². The van der Waals surface area contributed by atoms with E-state index in [-0.39, 0.29) is 0 Å². The van der Waals surface area contributed by atoms with Gasteiger partial charge in [-0.2, -0.15) is 10.2 Å². The molecule has 3 rings (SSSR count). The van der Waals surface area contributed by atoms with E-state index in [1.54, 1.807) is 10.9 Å². The van der Waals surface area contributed by atoms with Crippen molar-refractivity contribution in [2.45, 2.75) is 19.9 Å². The van der Waals surface area contributed by atoms with Crippen molar-refractivity contribution < 1.29 is 0 Å². The smallest absolute Gasteiger partial charge is 0.163 e. The minimum atomic E-state index is 0.547. The lowest BCUT2D eigenvalue weighted by molar-refractivity contribution is 0.655. The predicted molar refractivity (Wildman–Crippen MR) is 89.1 cm³/mol. The van der Waals surface area contributed by atoms with Crippen LogP contribution >= 0.6 is 22.6 Å². The number of nitrogens with one attached hydrogen (secondary N) is 1. The average Bonchev–Trinajstić information content (AvgIpc) is 3.03. The van der Waals surface area contributed by atoms with Crippen LogP contribution in [-0.2, 0) is 13.6 Å². The van der Waals surface area contributed by atoms with Crippen molar-refractivity contribution in [3.05, 3.63) is 28.0 Å². The molecule has 3 aromatic rings. The molecule has 0 fully saturated rings. The fourth-order valence-electron chi connectivity index (χ4n) is 2.09. The molecule has 110 valence electrons. The van der Waals surface area contributed by atoms with Crippen molar-refractivity contribution in [3.63, 3.8) is 0 Å². The molecule has 0 saturated heterocycles. The van der Waals surface area contributed by atoms with E-state index >= 15 is 0 Å². The maximum Gasteiger partial charge on any atom is 0.163 e. The predicted octanol–water partition coefficient (Wildman–Crippen LogP) is 2.03. The molecule has 0 unspecified atom stereocenters. The Labute approximate surface area is 135 Å². The number of halogens is 1. The van der Waals surface area contributed by atoms with Crippen LogP contribution in [0.2, 0.25) is 0 Å². The highest BCUT2D eigenvalue weighted by Crippen LogP contribution is 2.20. The highest BCUT2D eigenvalue weighted by Gasteiger charge is 2.11.